The third-order valence-electron chi connectivity index (χ3n) is 4.34. The van der Waals surface area contributed by atoms with E-state index < -0.39 is 0 Å². The van der Waals surface area contributed by atoms with Crippen molar-refractivity contribution in [2.24, 2.45) is 0 Å². The van der Waals surface area contributed by atoms with Crippen LogP contribution in [0.15, 0.2) is 0 Å². The molecule has 0 aliphatic carbocycles. The molecule has 4 nitrogen and oxygen atoms in total. The second kappa shape index (κ2) is 6.33. The minimum Gasteiger partial charge on any atom is -0.378 e. The molecule has 2 saturated heterocycles. The van der Waals surface area contributed by atoms with Crippen LogP contribution in [0.2, 0.25) is 0 Å². The van der Waals surface area contributed by atoms with Crippen molar-refractivity contribution in [2.45, 2.75) is 50.8 Å². The molecule has 1 spiro atoms. The third-order valence-corrected chi connectivity index (χ3v) is 4.34. The van der Waals surface area contributed by atoms with Crippen LogP contribution in [-0.4, -0.2) is 62.5 Å². The van der Waals surface area contributed by atoms with Gasteiger partial charge in [0.25, 0.3) is 0 Å². The highest BCUT2D eigenvalue weighted by Gasteiger charge is 2.40. The first-order valence-corrected chi connectivity index (χ1v) is 7.27. The van der Waals surface area contributed by atoms with Crippen LogP contribution in [0.1, 0.15) is 33.1 Å². The Labute approximate surface area is 111 Å². The molecular weight excluding hydrogens is 228 g/mol. The molecule has 0 amide bonds. The summed E-state index contributed by atoms with van der Waals surface area (Å²) in [4.78, 5) is 2.38. The fourth-order valence-electron chi connectivity index (χ4n) is 2.77. The van der Waals surface area contributed by atoms with Crippen molar-refractivity contribution in [1.29, 1.82) is 0 Å². The predicted molar refractivity (Wildman–Crippen MR) is 72.9 cm³/mol. The van der Waals surface area contributed by atoms with Gasteiger partial charge >= 0.3 is 0 Å². The Morgan fingerprint density at radius 3 is 2.89 bits per heavy atom. The Morgan fingerprint density at radius 2 is 2.22 bits per heavy atom. The predicted octanol–water partition coefficient (Wildman–Crippen LogP) is 1.25. The van der Waals surface area contributed by atoms with Crippen molar-refractivity contribution >= 4 is 0 Å². The lowest BCUT2D eigenvalue weighted by atomic mass is 9.90. The molecule has 0 bridgehead atoms. The summed E-state index contributed by atoms with van der Waals surface area (Å²) >= 11 is 0. The number of likely N-dealkylation sites (N-methyl/N-ethyl adjacent to an activating group) is 1. The van der Waals surface area contributed by atoms with E-state index in [0.717, 1.165) is 52.2 Å². The van der Waals surface area contributed by atoms with Crippen LogP contribution in [0.5, 0.6) is 0 Å². The van der Waals surface area contributed by atoms with Gasteiger partial charge in [-0.05, 0) is 33.7 Å². The topological polar surface area (TPSA) is 33.7 Å². The summed E-state index contributed by atoms with van der Waals surface area (Å²) in [6.07, 6.45) is 3.31. The molecule has 0 aromatic carbocycles. The lowest BCUT2D eigenvalue weighted by molar-refractivity contribution is -0.0893. The summed E-state index contributed by atoms with van der Waals surface area (Å²) in [5, 5.41) is 3.68. The van der Waals surface area contributed by atoms with Crippen molar-refractivity contribution in [3.8, 4) is 0 Å². The van der Waals surface area contributed by atoms with Gasteiger partial charge in [-0.15, -0.1) is 0 Å². The molecule has 2 aliphatic rings. The average Bonchev–Trinajstić information content (AvgIpc) is 2.77. The number of rotatable bonds is 5. The first-order chi connectivity index (χ1) is 8.61. The number of nitrogens with zero attached hydrogens (tertiary/aromatic N) is 1. The maximum Gasteiger partial charge on any atom is 0.0951 e. The van der Waals surface area contributed by atoms with Crippen molar-refractivity contribution in [3.63, 3.8) is 0 Å². The zero-order chi connectivity index (χ0) is 13.0. The van der Waals surface area contributed by atoms with E-state index in [2.05, 4.69) is 31.1 Å². The Balaban J connectivity index is 1.70. The second-order valence-electron chi connectivity index (χ2n) is 6.05. The van der Waals surface area contributed by atoms with Crippen LogP contribution in [0, 0.1) is 0 Å². The molecular formula is C14H28N2O2. The summed E-state index contributed by atoms with van der Waals surface area (Å²) < 4.78 is 11.4. The van der Waals surface area contributed by atoms with E-state index in [1.807, 2.05) is 0 Å². The second-order valence-corrected chi connectivity index (χ2v) is 6.05. The highest BCUT2D eigenvalue weighted by atomic mass is 16.6. The van der Waals surface area contributed by atoms with Gasteiger partial charge in [0, 0.05) is 44.8 Å². The standard InChI is InChI=1S/C14H28N2O2/c1-12(2)16(3)7-6-15-13-4-8-18-14(10-13)5-9-17-11-14/h12-13,15H,4-11H2,1-3H3. The molecule has 18 heavy (non-hydrogen) atoms. The largest absolute Gasteiger partial charge is 0.378 e. The fraction of sp³-hybridized carbons (Fsp3) is 1.00. The summed E-state index contributed by atoms with van der Waals surface area (Å²) in [5.41, 5.74) is 0.0276. The molecule has 2 unspecified atom stereocenters. The van der Waals surface area contributed by atoms with Crippen LogP contribution in [0.4, 0.5) is 0 Å². The SMILES string of the molecule is CC(C)N(C)CCNC1CCOC2(CCOC2)C1. The highest BCUT2D eigenvalue weighted by molar-refractivity contribution is 4.92. The quantitative estimate of drug-likeness (QED) is 0.803. The van der Waals surface area contributed by atoms with Crippen molar-refractivity contribution in [3.05, 3.63) is 0 Å². The average molecular weight is 256 g/mol. The highest BCUT2D eigenvalue weighted by Crippen LogP contribution is 2.32. The van der Waals surface area contributed by atoms with Gasteiger partial charge in [0.2, 0.25) is 0 Å². The lowest BCUT2D eigenvalue weighted by Crippen LogP contribution is -2.48. The normalized spacial score (nSPS) is 32.8. The number of hydrogen-bond acceptors (Lipinski definition) is 4. The van der Waals surface area contributed by atoms with E-state index in [0.29, 0.717) is 12.1 Å². The molecule has 0 aromatic heterocycles. The number of ether oxygens (including phenoxy) is 2. The summed E-state index contributed by atoms with van der Waals surface area (Å²) in [7, 11) is 2.18. The Morgan fingerprint density at radius 1 is 1.39 bits per heavy atom. The molecule has 0 saturated carbocycles. The molecule has 1 N–H and O–H groups in total. The summed E-state index contributed by atoms with van der Waals surface area (Å²) in [6.45, 7) is 9.17. The molecule has 2 atom stereocenters. The maximum atomic E-state index is 5.95. The lowest BCUT2D eigenvalue weighted by Gasteiger charge is -2.37. The van der Waals surface area contributed by atoms with Gasteiger partial charge in [-0.1, -0.05) is 0 Å². The maximum absolute atomic E-state index is 5.95. The van der Waals surface area contributed by atoms with Gasteiger partial charge < -0.3 is 19.7 Å². The van der Waals surface area contributed by atoms with Crippen LogP contribution in [-0.2, 0) is 9.47 Å². The molecule has 2 rings (SSSR count). The van der Waals surface area contributed by atoms with Crippen LogP contribution in [0.3, 0.4) is 0 Å². The number of hydrogen-bond donors (Lipinski definition) is 1. The van der Waals surface area contributed by atoms with Gasteiger partial charge in [0.15, 0.2) is 0 Å². The monoisotopic (exact) mass is 256 g/mol. The van der Waals surface area contributed by atoms with Crippen LogP contribution < -0.4 is 5.32 Å². The van der Waals surface area contributed by atoms with Crippen LogP contribution >= 0.6 is 0 Å². The zero-order valence-corrected chi connectivity index (χ0v) is 12.1. The first kappa shape index (κ1) is 14.3. The molecule has 4 heteroatoms. The minimum atomic E-state index is 0.0276. The molecule has 2 heterocycles. The Hall–Kier alpha value is -0.160. The smallest absolute Gasteiger partial charge is 0.0951 e. The fourth-order valence-corrected chi connectivity index (χ4v) is 2.77. The van der Waals surface area contributed by atoms with Gasteiger partial charge in [-0.25, -0.2) is 0 Å². The van der Waals surface area contributed by atoms with E-state index in [4.69, 9.17) is 9.47 Å². The Bertz CT molecular complexity index is 252. The minimum absolute atomic E-state index is 0.0276. The molecule has 2 aliphatic heterocycles. The molecule has 0 radical (unpaired) electrons. The zero-order valence-electron chi connectivity index (χ0n) is 12.1. The van der Waals surface area contributed by atoms with E-state index in [9.17, 15) is 0 Å². The summed E-state index contributed by atoms with van der Waals surface area (Å²) in [6, 6.07) is 1.22. The van der Waals surface area contributed by atoms with Gasteiger partial charge in [-0.3, -0.25) is 0 Å². The van der Waals surface area contributed by atoms with Gasteiger partial charge in [0.05, 0.1) is 12.2 Å². The molecule has 106 valence electrons. The van der Waals surface area contributed by atoms with E-state index in [-0.39, 0.29) is 5.60 Å². The molecule has 0 aromatic rings. The van der Waals surface area contributed by atoms with Crippen molar-refractivity contribution < 1.29 is 9.47 Å². The van der Waals surface area contributed by atoms with E-state index in [1.54, 1.807) is 0 Å². The van der Waals surface area contributed by atoms with Crippen molar-refractivity contribution in [1.82, 2.24) is 10.2 Å². The van der Waals surface area contributed by atoms with Crippen molar-refractivity contribution in [2.75, 3.05) is 40.0 Å². The Kier molecular flexibility index (Phi) is 5.01. The van der Waals surface area contributed by atoms with Gasteiger partial charge in [-0.2, -0.15) is 0 Å². The van der Waals surface area contributed by atoms with Gasteiger partial charge in [0.1, 0.15) is 0 Å². The first-order valence-electron chi connectivity index (χ1n) is 7.27. The van der Waals surface area contributed by atoms with E-state index >= 15 is 0 Å². The van der Waals surface area contributed by atoms with E-state index in [1.165, 1.54) is 0 Å². The third kappa shape index (κ3) is 3.67. The molecule has 2 fully saturated rings. The summed E-state index contributed by atoms with van der Waals surface area (Å²) in [5.74, 6) is 0. The number of nitrogens with one attached hydrogen (secondary N) is 1. The van der Waals surface area contributed by atoms with Crippen LogP contribution in [0.25, 0.3) is 0 Å².